The van der Waals surface area contributed by atoms with Crippen molar-refractivity contribution in [3.63, 3.8) is 0 Å². The number of hydrogen-bond donors (Lipinski definition) is 1. The molecule has 2 aliphatic heterocycles. The van der Waals surface area contributed by atoms with E-state index < -0.39 is 46.3 Å². The molecule has 3 heterocycles. The number of alkyl halides is 3. The van der Waals surface area contributed by atoms with Crippen LogP contribution < -0.4 is 5.73 Å². The molecule has 0 spiro atoms. The number of amides is 2. The van der Waals surface area contributed by atoms with E-state index in [4.69, 9.17) is 11.0 Å². The van der Waals surface area contributed by atoms with Gasteiger partial charge in [0.2, 0.25) is 5.82 Å². The molecule has 0 aliphatic carbocycles. The fourth-order valence-corrected chi connectivity index (χ4v) is 5.47. The molecule has 45 heavy (non-hydrogen) atoms. The van der Waals surface area contributed by atoms with Gasteiger partial charge >= 0.3 is 6.18 Å². The zero-order chi connectivity index (χ0) is 32.1. The highest BCUT2D eigenvalue weighted by Crippen LogP contribution is 2.41. The van der Waals surface area contributed by atoms with Gasteiger partial charge in [-0.15, -0.1) is 0 Å². The SMILES string of the molecule is N#Cc1ncc2c(n1)CN(C(=O)c1cc(CN3C(=O)C(c4ccc(F)cc4)(c4ccc(F)cc4)N=C3N)ccc1C(F)(F)F)C2. The number of guanidine groups is 1. The molecule has 0 radical (unpaired) electrons. The van der Waals surface area contributed by atoms with Gasteiger partial charge in [0.1, 0.15) is 17.7 Å². The van der Waals surface area contributed by atoms with Crippen molar-refractivity contribution in [3.8, 4) is 6.07 Å². The molecule has 2 N–H and O–H groups in total. The van der Waals surface area contributed by atoms with Crippen LogP contribution in [0.25, 0.3) is 0 Å². The molecule has 0 atom stereocenters. The van der Waals surface area contributed by atoms with E-state index >= 15 is 0 Å². The molecule has 1 aromatic heterocycles. The Hall–Kier alpha value is -5.71. The molecule has 0 fully saturated rings. The second-order valence-corrected chi connectivity index (χ2v) is 10.4. The number of aliphatic imine (C=N–C) groups is 1. The average Bonchev–Trinajstić information content (AvgIpc) is 3.55. The van der Waals surface area contributed by atoms with Crippen LogP contribution >= 0.6 is 0 Å². The Kier molecular flexibility index (Phi) is 7.03. The van der Waals surface area contributed by atoms with Gasteiger partial charge in [-0.25, -0.2) is 23.7 Å². The van der Waals surface area contributed by atoms with E-state index in [1.54, 1.807) is 6.07 Å². The molecule has 0 bridgehead atoms. The minimum atomic E-state index is -4.88. The number of carbonyl (C=O) groups excluding carboxylic acids is 2. The van der Waals surface area contributed by atoms with Crippen LogP contribution in [0.1, 0.15) is 49.7 Å². The molecule has 9 nitrogen and oxygen atoms in total. The van der Waals surface area contributed by atoms with Crippen molar-refractivity contribution in [2.75, 3.05) is 0 Å². The van der Waals surface area contributed by atoms with Crippen LogP contribution in [0.3, 0.4) is 0 Å². The Morgan fingerprint density at radius 2 is 1.60 bits per heavy atom. The van der Waals surface area contributed by atoms with E-state index in [-0.39, 0.29) is 48.1 Å². The predicted octanol–water partition coefficient (Wildman–Crippen LogP) is 4.40. The molecule has 2 amide bonds. The number of rotatable bonds is 5. The van der Waals surface area contributed by atoms with Gasteiger partial charge in [-0.3, -0.25) is 14.5 Å². The first kappa shape index (κ1) is 29.4. The molecule has 2 aliphatic rings. The molecule has 4 aromatic rings. The number of carbonyl (C=O) groups is 2. The van der Waals surface area contributed by atoms with Crippen LogP contribution in [0.15, 0.2) is 77.9 Å². The Labute approximate surface area is 252 Å². The maximum absolute atomic E-state index is 14.1. The van der Waals surface area contributed by atoms with E-state index in [9.17, 15) is 31.5 Å². The van der Waals surface area contributed by atoms with E-state index in [2.05, 4.69) is 15.0 Å². The van der Waals surface area contributed by atoms with Crippen molar-refractivity contribution >= 4 is 17.8 Å². The summed E-state index contributed by atoms with van der Waals surface area (Å²) in [5, 5.41) is 9.06. The van der Waals surface area contributed by atoms with Gasteiger partial charge in [0.25, 0.3) is 11.8 Å². The third-order valence-electron chi connectivity index (χ3n) is 7.64. The largest absolute Gasteiger partial charge is 0.417 e. The van der Waals surface area contributed by atoms with Crippen LogP contribution in [0.4, 0.5) is 22.0 Å². The lowest BCUT2D eigenvalue weighted by Gasteiger charge is -2.27. The van der Waals surface area contributed by atoms with E-state index in [0.29, 0.717) is 11.3 Å². The lowest BCUT2D eigenvalue weighted by atomic mass is 9.82. The molecule has 6 rings (SSSR count). The highest BCUT2D eigenvalue weighted by atomic mass is 19.4. The number of nitriles is 1. The lowest BCUT2D eigenvalue weighted by molar-refractivity contribution is -0.138. The Bertz CT molecular complexity index is 1870. The minimum absolute atomic E-state index is 0.0660. The Balaban J connectivity index is 1.35. The first-order valence-corrected chi connectivity index (χ1v) is 13.3. The quantitative estimate of drug-likeness (QED) is 0.331. The topological polar surface area (TPSA) is 129 Å². The molecule has 3 aromatic carbocycles. The summed E-state index contributed by atoms with van der Waals surface area (Å²) in [5.74, 6) is -3.23. The molecular weight excluding hydrogens is 597 g/mol. The predicted molar refractivity (Wildman–Crippen MR) is 148 cm³/mol. The first-order valence-electron chi connectivity index (χ1n) is 13.3. The third-order valence-corrected chi connectivity index (χ3v) is 7.64. The smallest absolute Gasteiger partial charge is 0.369 e. The number of halogens is 5. The average molecular weight is 618 g/mol. The number of benzene rings is 3. The van der Waals surface area contributed by atoms with Crippen molar-refractivity contribution in [2.45, 2.75) is 31.3 Å². The molecule has 226 valence electrons. The third kappa shape index (κ3) is 5.12. The van der Waals surface area contributed by atoms with Crippen molar-refractivity contribution in [2.24, 2.45) is 10.7 Å². The fraction of sp³-hybridized carbons (Fsp3) is 0.161. The van der Waals surface area contributed by atoms with Gasteiger partial charge in [-0.2, -0.15) is 18.4 Å². The molecule has 0 unspecified atom stereocenters. The summed E-state index contributed by atoms with van der Waals surface area (Å²) in [4.78, 5) is 42.1. The monoisotopic (exact) mass is 617 g/mol. The maximum atomic E-state index is 14.1. The number of hydrogen-bond acceptors (Lipinski definition) is 7. The number of nitrogens with zero attached hydrogens (tertiary/aromatic N) is 6. The number of aromatic nitrogens is 2. The fourth-order valence-electron chi connectivity index (χ4n) is 5.47. The highest BCUT2D eigenvalue weighted by molar-refractivity contribution is 6.09. The van der Waals surface area contributed by atoms with E-state index in [0.717, 1.165) is 52.3 Å². The summed E-state index contributed by atoms with van der Waals surface area (Å²) < 4.78 is 69.8. The lowest BCUT2D eigenvalue weighted by Crippen LogP contribution is -2.43. The molecule has 14 heteroatoms. The van der Waals surface area contributed by atoms with Gasteiger partial charge in [0, 0.05) is 18.3 Å². The minimum Gasteiger partial charge on any atom is -0.369 e. The summed E-state index contributed by atoms with van der Waals surface area (Å²) in [6.45, 7) is -0.563. The molecule has 0 saturated carbocycles. The molecule has 0 saturated heterocycles. The summed E-state index contributed by atoms with van der Waals surface area (Å²) in [5.41, 5.74) is 3.97. The summed E-state index contributed by atoms with van der Waals surface area (Å²) >= 11 is 0. The van der Waals surface area contributed by atoms with Gasteiger partial charge < -0.3 is 10.6 Å². The zero-order valence-electron chi connectivity index (χ0n) is 23.0. The van der Waals surface area contributed by atoms with Crippen LogP contribution in [0.2, 0.25) is 0 Å². The second-order valence-electron chi connectivity index (χ2n) is 10.4. The van der Waals surface area contributed by atoms with Crippen molar-refractivity contribution in [3.05, 3.63) is 129 Å². The van der Waals surface area contributed by atoms with Crippen molar-refractivity contribution < 1.29 is 31.5 Å². The van der Waals surface area contributed by atoms with E-state index in [1.165, 1.54) is 30.5 Å². The van der Waals surface area contributed by atoms with Crippen LogP contribution in [0, 0.1) is 23.0 Å². The first-order chi connectivity index (χ1) is 21.4. The summed E-state index contributed by atoms with van der Waals surface area (Å²) in [6, 6.07) is 14.5. The maximum Gasteiger partial charge on any atom is 0.417 e. The molecular formula is C31H20F5N7O2. The highest BCUT2D eigenvalue weighted by Gasteiger charge is 2.51. The van der Waals surface area contributed by atoms with Crippen LogP contribution in [-0.4, -0.2) is 37.5 Å². The van der Waals surface area contributed by atoms with Crippen LogP contribution in [-0.2, 0) is 36.1 Å². The Morgan fingerprint density at radius 1 is 0.978 bits per heavy atom. The summed E-state index contributed by atoms with van der Waals surface area (Å²) in [7, 11) is 0. The standard InChI is InChI=1S/C31H20F5N7O2/c32-21-6-2-19(3-7-21)30(20-4-8-22(33)9-5-20)28(45)43(29(38)41-30)14-17-1-10-24(31(34,35)36)23(11-17)27(44)42-15-18-13-39-26(12-37)40-25(18)16-42/h1-11,13H,14-16H2,(H2,38,41). The van der Waals surface area contributed by atoms with Gasteiger partial charge in [-0.05, 0) is 53.1 Å². The number of fused-ring (bicyclic) bond motifs is 1. The number of nitrogens with two attached hydrogens (primary N) is 1. The second kappa shape index (κ2) is 10.8. The Morgan fingerprint density at radius 3 is 2.18 bits per heavy atom. The zero-order valence-corrected chi connectivity index (χ0v) is 23.0. The summed E-state index contributed by atoms with van der Waals surface area (Å²) in [6.07, 6.45) is -3.53. The van der Waals surface area contributed by atoms with Crippen molar-refractivity contribution in [1.29, 1.82) is 5.26 Å². The van der Waals surface area contributed by atoms with Crippen LogP contribution in [0.5, 0.6) is 0 Å². The van der Waals surface area contributed by atoms with Gasteiger partial charge in [-0.1, -0.05) is 30.3 Å². The normalized spacial score (nSPS) is 15.6. The van der Waals surface area contributed by atoms with Gasteiger partial charge in [0.15, 0.2) is 11.5 Å². The van der Waals surface area contributed by atoms with E-state index in [1.807, 2.05) is 0 Å². The van der Waals surface area contributed by atoms with Gasteiger partial charge in [0.05, 0.1) is 29.9 Å². The van der Waals surface area contributed by atoms with Crippen molar-refractivity contribution in [1.82, 2.24) is 19.8 Å².